The molecule has 2 N–H and O–H groups in total. The van der Waals surface area contributed by atoms with Crippen molar-refractivity contribution in [2.24, 2.45) is 4.99 Å². The Balaban J connectivity index is 0.00000361. The molecule has 0 saturated heterocycles. The number of aryl methyl sites for hydroxylation is 2. The van der Waals surface area contributed by atoms with Gasteiger partial charge in [0.2, 0.25) is 0 Å². The van der Waals surface area contributed by atoms with Gasteiger partial charge in [0.25, 0.3) is 0 Å². The molecule has 0 aliphatic heterocycles. The summed E-state index contributed by atoms with van der Waals surface area (Å²) in [5.41, 5.74) is 0. The molecule has 0 saturated carbocycles. The van der Waals surface area contributed by atoms with Crippen molar-refractivity contribution in [1.82, 2.24) is 20.2 Å². The Morgan fingerprint density at radius 3 is 2.70 bits per heavy atom. The third-order valence-electron chi connectivity index (χ3n) is 2.88. The maximum Gasteiger partial charge on any atom is 0.191 e. The highest BCUT2D eigenvalue weighted by molar-refractivity contribution is 14.0. The molecule has 20 heavy (non-hydrogen) atoms. The molecule has 0 radical (unpaired) electrons. The van der Waals surface area contributed by atoms with E-state index in [2.05, 4.69) is 39.0 Å². The van der Waals surface area contributed by atoms with Crippen LogP contribution in [0.4, 0.5) is 0 Å². The molecule has 0 aliphatic rings. The Morgan fingerprint density at radius 2 is 2.10 bits per heavy atom. The molecule has 1 rings (SSSR count). The van der Waals surface area contributed by atoms with Crippen LogP contribution in [0.2, 0.25) is 0 Å². The van der Waals surface area contributed by atoms with Crippen LogP contribution in [0.15, 0.2) is 17.4 Å². The lowest BCUT2D eigenvalue weighted by Gasteiger charge is -2.11. The molecule has 1 aromatic rings. The van der Waals surface area contributed by atoms with Gasteiger partial charge in [-0.2, -0.15) is 0 Å². The van der Waals surface area contributed by atoms with Crippen LogP contribution in [-0.4, -0.2) is 35.1 Å². The molecule has 0 fully saturated rings. The molecule has 0 atom stereocenters. The van der Waals surface area contributed by atoms with Gasteiger partial charge in [-0.25, -0.2) is 4.98 Å². The van der Waals surface area contributed by atoms with Gasteiger partial charge in [0.05, 0.1) is 0 Å². The predicted molar refractivity (Wildman–Crippen MR) is 95.9 cm³/mol. The van der Waals surface area contributed by atoms with E-state index in [4.69, 9.17) is 0 Å². The Labute approximate surface area is 139 Å². The van der Waals surface area contributed by atoms with Crippen molar-refractivity contribution in [1.29, 1.82) is 0 Å². The maximum atomic E-state index is 4.47. The number of unbranched alkanes of at least 4 members (excludes halogenated alkanes) is 1. The Morgan fingerprint density at radius 1 is 1.30 bits per heavy atom. The molecule has 1 heterocycles. The average molecular weight is 393 g/mol. The molecule has 0 bridgehead atoms. The summed E-state index contributed by atoms with van der Waals surface area (Å²) in [4.78, 5) is 8.69. The Kier molecular flexibility index (Phi) is 11.5. The highest BCUT2D eigenvalue weighted by Gasteiger charge is 1.98. The zero-order chi connectivity index (χ0) is 13.9. The van der Waals surface area contributed by atoms with Crippen molar-refractivity contribution >= 4 is 29.9 Å². The van der Waals surface area contributed by atoms with Gasteiger partial charge in [0.1, 0.15) is 5.82 Å². The fourth-order valence-corrected chi connectivity index (χ4v) is 1.82. The van der Waals surface area contributed by atoms with Crippen LogP contribution in [0.3, 0.4) is 0 Å². The van der Waals surface area contributed by atoms with E-state index in [1.807, 2.05) is 19.3 Å². The molecule has 1 aromatic heterocycles. The molecule has 116 valence electrons. The monoisotopic (exact) mass is 393 g/mol. The molecule has 0 aromatic carbocycles. The van der Waals surface area contributed by atoms with E-state index in [1.54, 1.807) is 0 Å². The second-order valence-corrected chi connectivity index (χ2v) is 4.56. The van der Waals surface area contributed by atoms with Crippen LogP contribution >= 0.6 is 24.0 Å². The average Bonchev–Trinajstić information content (AvgIpc) is 2.81. The Hall–Kier alpha value is -0.790. The predicted octanol–water partition coefficient (Wildman–Crippen LogP) is 2.55. The van der Waals surface area contributed by atoms with E-state index in [0.717, 1.165) is 57.2 Å². The number of imidazole rings is 1. The number of guanidine groups is 1. The molecule has 0 spiro atoms. The van der Waals surface area contributed by atoms with E-state index in [9.17, 15) is 0 Å². The molecule has 0 amide bonds. The van der Waals surface area contributed by atoms with Crippen molar-refractivity contribution in [2.45, 2.75) is 46.6 Å². The highest BCUT2D eigenvalue weighted by atomic mass is 127. The van der Waals surface area contributed by atoms with Gasteiger partial charge in [-0.1, -0.05) is 6.92 Å². The molecule has 5 nitrogen and oxygen atoms in total. The van der Waals surface area contributed by atoms with E-state index in [1.165, 1.54) is 0 Å². The van der Waals surface area contributed by atoms with Crippen molar-refractivity contribution in [3.8, 4) is 0 Å². The van der Waals surface area contributed by atoms with Gasteiger partial charge >= 0.3 is 0 Å². The van der Waals surface area contributed by atoms with Gasteiger partial charge in [0.15, 0.2) is 5.96 Å². The lowest BCUT2D eigenvalue weighted by atomic mass is 10.3. The lowest BCUT2D eigenvalue weighted by Crippen LogP contribution is -2.37. The number of hydrogen-bond acceptors (Lipinski definition) is 2. The Bertz CT molecular complexity index is 375. The van der Waals surface area contributed by atoms with Crippen LogP contribution in [-0.2, 0) is 6.54 Å². The van der Waals surface area contributed by atoms with Crippen molar-refractivity contribution in [3.63, 3.8) is 0 Å². The first-order chi connectivity index (χ1) is 9.27. The van der Waals surface area contributed by atoms with Crippen LogP contribution in [0.25, 0.3) is 0 Å². The number of halogens is 1. The standard InChI is InChI=1S/C14H27N5.HI/c1-4-8-17-14(15-5-2)18-9-6-7-11-19-12-10-16-13(19)3;/h10,12H,4-9,11H2,1-3H3,(H2,15,17,18);1H. The quantitative estimate of drug-likeness (QED) is 0.309. The summed E-state index contributed by atoms with van der Waals surface area (Å²) in [5.74, 6) is 2.02. The SMILES string of the molecule is CCCN=C(NCC)NCCCCn1ccnc1C.I. The van der Waals surface area contributed by atoms with Crippen LogP contribution < -0.4 is 10.6 Å². The lowest BCUT2D eigenvalue weighted by molar-refractivity contribution is 0.588. The van der Waals surface area contributed by atoms with E-state index >= 15 is 0 Å². The van der Waals surface area contributed by atoms with Crippen molar-refractivity contribution in [3.05, 3.63) is 18.2 Å². The van der Waals surface area contributed by atoms with Crippen molar-refractivity contribution < 1.29 is 0 Å². The van der Waals surface area contributed by atoms with Gasteiger partial charge in [-0.05, 0) is 33.1 Å². The fourth-order valence-electron chi connectivity index (χ4n) is 1.82. The number of nitrogens with zero attached hydrogens (tertiary/aromatic N) is 3. The van der Waals surface area contributed by atoms with Crippen LogP contribution in [0.5, 0.6) is 0 Å². The van der Waals surface area contributed by atoms with E-state index in [-0.39, 0.29) is 24.0 Å². The maximum absolute atomic E-state index is 4.47. The van der Waals surface area contributed by atoms with Gasteiger partial charge in [0, 0.05) is 38.6 Å². The number of nitrogens with one attached hydrogen (secondary N) is 2. The molecular weight excluding hydrogens is 365 g/mol. The third-order valence-corrected chi connectivity index (χ3v) is 2.88. The minimum absolute atomic E-state index is 0. The summed E-state index contributed by atoms with van der Waals surface area (Å²) in [6.07, 6.45) is 7.26. The summed E-state index contributed by atoms with van der Waals surface area (Å²) in [6.45, 7) is 10.1. The van der Waals surface area contributed by atoms with E-state index < -0.39 is 0 Å². The second-order valence-electron chi connectivity index (χ2n) is 4.56. The largest absolute Gasteiger partial charge is 0.357 e. The molecule has 0 unspecified atom stereocenters. The summed E-state index contributed by atoms with van der Waals surface area (Å²) in [7, 11) is 0. The smallest absolute Gasteiger partial charge is 0.191 e. The summed E-state index contributed by atoms with van der Waals surface area (Å²) in [5, 5.41) is 6.62. The number of hydrogen-bond donors (Lipinski definition) is 2. The number of rotatable bonds is 8. The number of aliphatic imine (C=N–C) groups is 1. The summed E-state index contributed by atoms with van der Waals surface area (Å²) in [6, 6.07) is 0. The first-order valence-corrected chi connectivity index (χ1v) is 7.27. The minimum atomic E-state index is 0. The van der Waals surface area contributed by atoms with E-state index in [0.29, 0.717) is 0 Å². The van der Waals surface area contributed by atoms with Crippen LogP contribution in [0.1, 0.15) is 38.9 Å². The second kappa shape index (κ2) is 12.0. The fraction of sp³-hybridized carbons (Fsp3) is 0.714. The summed E-state index contributed by atoms with van der Waals surface area (Å²) >= 11 is 0. The first kappa shape index (κ1) is 19.2. The zero-order valence-electron chi connectivity index (χ0n) is 12.9. The van der Waals surface area contributed by atoms with Crippen LogP contribution in [0, 0.1) is 6.92 Å². The van der Waals surface area contributed by atoms with Gasteiger partial charge in [-0.3, -0.25) is 4.99 Å². The topological polar surface area (TPSA) is 54.2 Å². The zero-order valence-corrected chi connectivity index (χ0v) is 15.2. The molecular formula is C14H28IN5. The summed E-state index contributed by atoms with van der Waals surface area (Å²) < 4.78 is 2.19. The molecule has 6 heteroatoms. The molecule has 0 aliphatic carbocycles. The minimum Gasteiger partial charge on any atom is -0.357 e. The van der Waals surface area contributed by atoms with Gasteiger partial charge < -0.3 is 15.2 Å². The van der Waals surface area contributed by atoms with Gasteiger partial charge in [-0.15, -0.1) is 24.0 Å². The first-order valence-electron chi connectivity index (χ1n) is 7.27. The normalized spacial score (nSPS) is 11.1. The highest BCUT2D eigenvalue weighted by Crippen LogP contribution is 1.99. The third kappa shape index (κ3) is 7.72. The van der Waals surface area contributed by atoms with Crippen molar-refractivity contribution in [2.75, 3.05) is 19.6 Å². The number of aromatic nitrogens is 2.